The Hall–Kier alpha value is -3.16. The van der Waals surface area contributed by atoms with Crippen LogP contribution < -0.4 is 15.2 Å². The van der Waals surface area contributed by atoms with Crippen molar-refractivity contribution in [1.29, 1.82) is 0 Å². The van der Waals surface area contributed by atoms with Crippen molar-refractivity contribution in [2.45, 2.75) is 51.2 Å². The van der Waals surface area contributed by atoms with E-state index in [0.29, 0.717) is 29.3 Å². The van der Waals surface area contributed by atoms with Gasteiger partial charge in [0.15, 0.2) is 11.6 Å². The summed E-state index contributed by atoms with van der Waals surface area (Å²) < 4.78 is 14.3. The summed E-state index contributed by atoms with van der Waals surface area (Å²) in [6.45, 7) is 6.78. The molecule has 2 aromatic carbocycles. The number of methoxy groups -OCH3 is 1. The van der Waals surface area contributed by atoms with Crippen LogP contribution in [0.5, 0.6) is 11.5 Å². The number of hydrogen-bond acceptors (Lipinski definition) is 6. The largest absolute Gasteiger partial charge is 0.496 e. The van der Waals surface area contributed by atoms with Gasteiger partial charge in [0.2, 0.25) is 0 Å². The van der Waals surface area contributed by atoms with Gasteiger partial charge in [-0.25, -0.2) is 0 Å². The lowest BCUT2D eigenvalue weighted by Gasteiger charge is -2.35. The minimum atomic E-state index is -0.516. The van der Waals surface area contributed by atoms with E-state index < -0.39 is 5.60 Å². The molecule has 1 aromatic heterocycles. The lowest BCUT2D eigenvalue weighted by Crippen LogP contribution is -2.37. The number of piperidine rings is 1. The number of nitrogens with zero attached hydrogens (tertiary/aromatic N) is 2. The Morgan fingerprint density at radius 2 is 1.94 bits per heavy atom. The number of likely N-dealkylation sites (tertiary alicyclic amines) is 1. The third-order valence-corrected chi connectivity index (χ3v) is 7.56. The van der Waals surface area contributed by atoms with E-state index >= 15 is 0 Å². The minimum Gasteiger partial charge on any atom is -0.496 e. The number of carbonyl (C=O) groups is 2. The Labute approximate surface area is 212 Å². The molecular weight excluding hydrogens is 454 g/mol. The van der Waals surface area contributed by atoms with Crippen molar-refractivity contribution in [2.75, 3.05) is 33.3 Å². The summed E-state index contributed by atoms with van der Waals surface area (Å²) in [5, 5.41) is 1.14. The molecule has 3 heterocycles. The molecular formula is C29H35N3O4. The molecule has 3 aromatic rings. The van der Waals surface area contributed by atoms with Gasteiger partial charge in [0.1, 0.15) is 17.1 Å². The normalized spacial score (nSPS) is 18.2. The van der Waals surface area contributed by atoms with Crippen molar-refractivity contribution in [1.82, 2.24) is 9.47 Å². The fourth-order valence-electron chi connectivity index (χ4n) is 5.62. The van der Waals surface area contributed by atoms with Crippen molar-refractivity contribution in [3.8, 4) is 11.5 Å². The van der Waals surface area contributed by atoms with Gasteiger partial charge in [0.25, 0.3) is 0 Å². The van der Waals surface area contributed by atoms with Gasteiger partial charge < -0.3 is 24.7 Å². The third-order valence-electron chi connectivity index (χ3n) is 7.56. The quantitative estimate of drug-likeness (QED) is 0.495. The first-order valence-electron chi connectivity index (χ1n) is 12.8. The number of hydrogen-bond donors (Lipinski definition) is 1. The molecule has 190 valence electrons. The second kappa shape index (κ2) is 9.71. The molecule has 2 aliphatic heterocycles. The van der Waals surface area contributed by atoms with Gasteiger partial charge in [-0.15, -0.1) is 0 Å². The van der Waals surface area contributed by atoms with Crippen LogP contribution in [0.15, 0.2) is 42.6 Å². The monoisotopic (exact) mass is 489 g/mol. The maximum absolute atomic E-state index is 12.7. The molecule has 0 spiro atoms. The van der Waals surface area contributed by atoms with Crippen LogP contribution in [-0.4, -0.2) is 59.9 Å². The SMILES string of the molecule is COc1ccc2c(c1CCN1CCC(n3ccc4ccc(C(=O)CN)cc43)CC1)OC(C)(C)CC2=O. The van der Waals surface area contributed by atoms with Crippen LogP contribution in [0, 0.1) is 0 Å². The molecule has 0 unspecified atom stereocenters. The lowest BCUT2D eigenvalue weighted by atomic mass is 9.90. The first-order valence-corrected chi connectivity index (χ1v) is 12.8. The van der Waals surface area contributed by atoms with Gasteiger partial charge in [-0.1, -0.05) is 12.1 Å². The maximum Gasteiger partial charge on any atom is 0.176 e. The zero-order chi connectivity index (χ0) is 25.4. The van der Waals surface area contributed by atoms with E-state index in [1.807, 2.05) is 44.2 Å². The van der Waals surface area contributed by atoms with Crippen molar-refractivity contribution >= 4 is 22.5 Å². The average Bonchev–Trinajstić information content (AvgIpc) is 3.29. The van der Waals surface area contributed by atoms with Gasteiger partial charge >= 0.3 is 0 Å². The van der Waals surface area contributed by atoms with Crippen molar-refractivity contribution < 1.29 is 19.1 Å². The Morgan fingerprint density at radius 1 is 1.17 bits per heavy atom. The number of ketones is 2. The van der Waals surface area contributed by atoms with Crippen molar-refractivity contribution in [3.63, 3.8) is 0 Å². The van der Waals surface area contributed by atoms with Crippen LogP contribution in [-0.2, 0) is 6.42 Å². The molecule has 1 saturated heterocycles. The molecule has 0 aliphatic carbocycles. The van der Waals surface area contributed by atoms with Crippen LogP contribution in [0.4, 0.5) is 0 Å². The first kappa shape index (κ1) is 24.5. The average molecular weight is 490 g/mol. The van der Waals surface area contributed by atoms with Gasteiger partial charge in [-0.05, 0) is 62.8 Å². The second-order valence-electron chi connectivity index (χ2n) is 10.5. The molecule has 0 saturated carbocycles. The van der Waals surface area contributed by atoms with Crippen molar-refractivity contribution in [2.24, 2.45) is 5.73 Å². The fraction of sp³-hybridized carbons (Fsp3) is 0.448. The van der Waals surface area contributed by atoms with Gasteiger partial charge in [0, 0.05) is 48.5 Å². The molecule has 7 nitrogen and oxygen atoms in total. The molecule has 0 radical (unpaired) electrons. The molecule has 5 rings (SSSR count). The number of aromatic nitrogens is 1. The zero-order valence-electron chi connectivity index (χ0n) is 21.4. The highest BCUT2D eigenvalue weighted by Gasteiger charge is 2.35. The number of benzene rings is 2. The van der Waals surface area contributed by atoms with Crippen molar-refractivity contribution in [3.05, 3.63) is 59.3 Å². The molecule has 2 aliphatic rings. The number of nitrogens with two attached hydrogens (primary N) is 1. The van der Waals surface area contributed by atoms with E-state index in [0.717, 1.165) is 61.1 Å². The molecule has 0 amide bonds. The number of rotatable bonds is 7. The summed E-state index contributed by atoms with van der Waals surface area (Å²) in [5.41, 5.74) is 8.46. The zero-order valence-corrected chi connectivity index (χ0v) is 21.4. The summed E-state index contributed by atoms with van der Waals surface area (Å²) in [6, 6.07) is 12.1. The summed E-state index contributed by atoms with van der Waals surface area (Å²) >= 11 is 0. The summed E-state index contributed by atoms with van der Waals surface area (Å²) in [6.07, 6.45) is 5.35. The highest BCUT2D eigenvalue weighted by atomic mass is 16.5. The molecule has 2 N–H and O–H groups in total. The highest BCUT2D eigenvalue weighted by Crippen LogP contribution is 2.40. The third kappa shape index (κ3) is 4.65. The van der Waals surface area contributed by atoms with E-state index in [1.165, 1.54) is 0 Å². The predicted molar refractivity (Wildman–Crippen MR) is 140 cm³/mol. The van der Waals surface area contributed by atoms with Crippen LogP contribution in [0.2, 0.25) is 0 Å². The Balaban J connectivity index is 1.28. The smallest absolute Gasteiger partial charge is 0.176 e. The molecule has 36 heavy (non-hydrogen) atoms. The Kier molecular flexibility index (Phi) is 6.62. The fourth-order valence-corrected chi connectivity index (χ4v) is 5.62. The Bertz CT molecular complexity index is 1300. The van der Waals surface area contributed by atoms with Crippen LogP contribution >= 0.6 is 0 Å². The van der Waals surface area contributed by atoms with Gasteiger partial charge in [-0.2, -0.15) is 0 Å². The molecule has 0 atom stereocenters. The van der Waals surface area contributed by atoms with E-state index in [4.69, 9.17) is 15.2 Å². The number of ether oxygens (including phenoxy) is 2. The minimum absolute atomic E-state index is 0.0245. The summed E-state index contributed by atoms with van der Waals surface area (Å²) in [5.74, 6) is 1.55. The van der Waals surface area contributed by atoms with E-state index in [9.17, 15) is 9.59 Å². The van der Waals surface area contributed by atoms with Crippen LogP contribution in [0.3, 0.4) is 0 Å². The molecule has 0 bridgehead atoms. The van der Waals surface area contributed by atoms with E-state index in [-0.39, 0.29) is 18.1 Å². The number of fused-ring (bicyclic) bond motifs is 2. The van der Waals surface area contributed by atoms with E-state index in [1.54, 1.807) is 7.11 Å². The van der Waals surface area contributed by atoms with Crippen LogP contribution in [0.1, 0.15) is 65.4 Å². The summed E-state index contributed by atoms with van der Waals surface area (Å²) in [4.78, 5) is 27.3. The lowest BCUT2D eigenvalue weighted by molar-refractivity contribution is 0.0610. The molecule has 7 heteroatoms. The number of carbonyl (C=O) groups excluding carboxylic acids is 2. The van der Waals surface area contributed by atoms with E-state index in [2.05, 4.69) is 21.7 Å². The highest BCUT2D eigenvalue weighted by molar-refractivity contribution is 6.01. The summed E-state index contributed by atoms with van der Waals surface area (Å²) in [7, 11) is 1.67. The number of Topliss-reactive ketones (excluding diaryl/α,β-unsaturated/α-hetero) is 2. The maximum atomic E-state index is 12.7. The van der Waals surface area contributed by atoms with Crippen LogP contribution in [0.25, 0.3) is 10.9 Å². The topological polar surface area (TPSA) is 86.8 Å². The predicted octanol–water partition coefficient (Wildman–Crippen LogP) is 4.41. The van der Waals surface area contributed by atoms with Gasteiger partial charge in [-0.3, -0.25) is 9.59 Å². The first-order chi connectivity index (χ1) is 17.3. The van der Waals surface area contributed by atoms with Gasteiger partial charge in [0.05, 0.1) is 25.6 Å². The standard InChI is InChI=1S/C29H35N3O4/c1-29(2)17-25(33)22-6-7-27(35-3)23(28(22)36-29)11-14-31-12-9-21(10-13-31)32-15-8-19-4-5-20(16-24(19)32)26(34)18-30/h4-8,15-16,21H,9-14,17-18,30H2,1-3H3. The second-order valence-corrected chi connectivity index (χ2v) is 10.5. The molecule has 1 fully saturated rings. The Morgan fingerprint density at radius 3 is 2.67 bits per heavy atom.